The fourth-order valence-corrected chi connectivity index (χ4v) is 4.48. The zero-order chi connectivity index (χ0) is 28.1. The number of pyridine rings is 1. The van der Waals surface area contributed by atoms with E-state index >= 15 is 4.39 Å². The molecule has 10 heteroatoms. The molecule has 0 unspecified atom stereocenters. The van der Waals surface area contributed by atoms with E-state index in [2.05, 4.69) is 4.98 Å². The molecule has 2 heterocycles. The van der Waals surface area contributed by atoms with Crippen LogP contribution >= 0.6 is 12.4 Å². The lowest BCUT2D eigenvalue weighted by Crippen LogP contribution is -2.10. The molecule has 0 aliphatic heterocycles. The highest BCUT2D eigenvalue weighted by Crippen LogP contribution is 2.26. The number of imidazole rings is 1. The van der Waals surface area contributed by atoms with Crippen LogP contribution in [-0.4, -0.2) is 41.3 Å². The van der Waals surface area contributed by atoms with Crippen molar-refractivity contribution in [2.75, 3.05) is 26.6 Å². The van der Waals surface area contributed by atoms with Gasteiger partial charge in [0.05, 0.1) is 36.0 Å². The van der Waals surface area contributed by atoms with Crippen LogP contribution in [0.15, 0.2) is 78.9 Å². The third-order valence-electron chi connectivity index (χ3n) is 6.62. The average Bonchev–Trinajstić information content (AvgIpc) is 3.32. The summed E-state index contributed by atoms with van der Waals surface area (Å²) in [6.07, 6.45) is 0.257. The lowest BCUT2D eigenvalue weighted by atomic mass is 10.1. The highest BCUT2D eigenvalue weighted by atomic mass is 35.5. The van der Waals surface area contributed by atoms with Gasteiger partial charge >= 0.3 is 5.97 Å². The van der Waals surface area contributed by atoms with E-state index in [1.165, 1.54) is 13.2 Å². The van der Waals surface area contributed by atoms with Crippen molar-refractivity contribution >= 4 is 35.1 Å². The third kappa shape index (κ3) is 6.65. The number of nitrogens with two attached hydrogens (primary N) is 1. The second kappa shape index (κ2) is 13.3. The number of para-hydroxylation sites is 1. The topological polar surface area (TPSA) is 101 Å². The first-order chi connectivity index (χ1) is 19.5. The molecule has 0 fully saturated rings. The van der Waals surface area contributed by atoms with Crippen molar-refractivity contribution in [3.8, 4) is 17.1 Å². The fourth-order valence-electron chi connectivity index (χ4n) is 4.48. The number of fused-ring (bicyclic) bond motifs is 1. The van der Waals surface area contributed by atoms with Gasteiger partial charge in [0.25, 0.3) is 0 Å². The maximum atomic E-state index is 15.4. The van der Waals surface area contributed by atoms with Crippen molar-refractivity contribution in [3.63, 3.8) is 0 Å². The Morgan fingerprint density at radius 2 is 1.78 bits per heavy atom. The smallest absolute Gasteiger partial charge is 0.337 e. The first kappa shape index (κ1) is 29.5. The molecule has 0 bridgehead atoms. The number of ether oxygens (including phenoxy) is 3. The lowest BCUT2D eigenvalue weighted by Gasteiger charge is -2.11. The third-order valence-corrected chi connectivity index (χ3v) is 6.62. The summed E-state index contributed by atoms with van der Waals surface area (Å²) in [7, 11) is 2.95. The van der Waals surface area contributed by atoms with Gasteiger partial charge in [-0.1, -0.05) is 36.4 Å². The second-order valence-corrected chi connectivity index (χ2v) is 9.20. The maximum absolute atomic E-state index is 15.4. The minimum atomic E-state index is -0.433. The summed E-state index contributed by atoms with van der Waals surface area (Å²) in [6.45, 7) is 1.21. The molecule has 0 radical (unpaired) electrons. The summed E-state index contributed by atoms with van der Waals surface area (Å²) < 4.78 is 33.3. The highest BCUT2D eigenvalue weighted by molar-refractivity contribution is 5.93. The van der Waals surface area contributed by atoms with Gasteiger partial charge in [-0.05, 0) is 42.0 Å². The molecule has 0 amide bonds. The number of rotatable bonds is 10. The number of aromatic nitrogens is 3. The number of nitrogen functional groups attached to an aromatic ring is 1. The van der Waals surface area contributed by atoms with E-state index in [1.54, 1.807) is 43.5 Å². The monoisotopic (exact) mass is 576 g/mol. The van der Waals surface area contributed by atoms with Gasteiger partial charge in [-0.3, -0.25) is 0 Å². The second-order valence-electron chi connectivity index (χ2n) is 9.20. The summed E-state index contributed by atoms with van der Waals surface area (Å²) in [4.78, 5) is 21.3. The quantitative estimate of drug-likeness (QED) is 0.164. The van der Waals surface area contributed by atoms with Crippen molar-refractivity contribution in [1.82, 2.24) is 14.5 Å². The molecule has 0 spiro atoms. The summed E-state index contributed by atoms with van der Waals surface area (Å²) in [5, 5.41) is 0. The van der Waals surface area contributed by atoms with E-state index in [0.29, 0.717) is 58.4 Å². The van der Waals surface area contributed by atoms with Crippen molar-refractivity contribution in [1.29, 1.82) is 0 Å². The Kier molecular flexibility index (Phi) is 9.54. The molecule has 2 aromatic heterocycles. The molecular formula is C31H30ClFN4O4. The van der Waals surface area contributed by atoms with E-state index < -0.39 is 5.97 Å². The maximum Gasteiger partial charge on any atom is 0.337 e. The number of hydrogen-bond donors (Lipinski definition) is 1. The number of carbonyl (C=O) groups is 1. The molecule has 41 heavy (non-hydrogen) atoms. The lowest BCUT2D eigenvalue weighted by molar-refractivity contribution is 0.0601. The number of hydrogen-bond acceptors (Lipinski definition) is 7. The Labute approximate surface area is 243 Å². The molecule has 0 aliphatic rings. The van der Waals surface area contributed by atoms with E-state index in [0.717, 1.165) is 11.1 Å². The first-order valence-electron chi connectivity index (χ1n) is 12.7. The number of nitrogens with zero attached hydrogens (tertiary/aromatic N) is 3. The van der Waals surface area contributed by atoms with Gasteiger partial charge in [-0.2, -0.15) is 0 Å². The number of carbonyl (C=O) groups excluding carboxylic acids is 1. The van der Waals surface area contributed by atoms with Crippen molar-refractivity contribution in [3.05, 3.63) is 107 Å². The van der Waals surface area contributed by atoms with Gasteiger partial charge < -0.3 is 24.5 Å². The number of methoxy groups -OCH3 is 2. The summed E-state index contributed by atoms with van der Waals surface area (Å²) in [5.74, 6) is 0.276. The number of esters is 1. The van der Waals surface area contributed by atoms with Crippen LogP contribution in [0.5, 0.6) is 5.88 Å². The van der Waals surface area contributed by atoms with E-state index in [4.69, 9.17) is 24.9 Å². The van der Waals surface area contributed by atoms with Gasteiger partial charge in [0, 0.05) is 43.0 Å². The van der Waals surface area contributed by atoms with Gasteiger partial charge in [0.1, 0.15) is 18.2 Å². The van der Waals surface area contributed by atoms with Gasteiger partial charge in [0.2, 0.25) is 5.88 Å². The molecule has 0 saturated carbocycles. The van der Waals surface area contributed by atoms with Crippen LogP contribution in [0.1, 0.15) is 27.3 Å². The van der Waals surface area contributed by atoms with Crippen molar-refractivity contribution in [2.24, 2.45) is 0 Å². The zero-order valence-corrected chi connectivity index (χ0v) is 23.5. The molecular weight excluding hydrogens is 547 g/mol. The Bertz CT molecular complexity index is 1670. The fraction of sp³-hybridized carbons (Fsp3) is 0.194. The first-order valence-corrected chi connectivity index (χ1v) is 12.7. The zero-order valence-electron chi connectivity index (χ0n) is 22.7. The Hall–Kier alpha value is -4.47. The van der Waals surface area contributed by atoms with Crippen LogP contribution in [0.3, 0.4) is 0 Å². The molecule has 2 N–H and O–H groups in total. The summed E-state index contributed by atoms with van der Waals surface area (Å²) in [6, 6.07) is 23.1. The summed E-state index contributed by atoms with van der Waals surface area (Å²) >= 11 is 0. The average molecular weight is 577 g/mol. The number of benzene rings is 3. The predicted octanol–water partition coefficient (Wildman–Crippen LogP) is 5.84. The minimum absolute atomic E-state index is 0. The Morgan fingerprint density at radius 1 is 0.951 bits per heavy atom. The predicted molar refractivity (Wildman–Crippen MR) is 158 cm³/mol. The van der Waals surface area contributed by atoms with E-state index in [9.17, 15) is 4.79 Å². The van der Waals surface area contributed by atoms with Crippen molar-refractivity contribution in [2.45, 2.75) is 19.6 Å². The van der Waals surface area contributed by atoms with Gasteiger partial charge in [0.15, 0.2) is 0 Å². The molecule has 8 nitrogen and oxygen atoms in total. The van der Waals surface area contributed by atoms with Crippen molar-refractivity contribution < 1.29 is 23.4 Å². The molecule has 0 aliphatic carbocycles. The normalized spacial score (nSPS) is 10.8. The Morgan fingerprint density at radius 3 is 2.54 bits per heavy atom. The van der Waals surface area contributed by atoms with Crippen LogP contribution in [-0.2, 0) is 29.0 Å². The number of halogens is 2. The highest BCUT2D eigenvalue weighted by Gasteiger charge is 2.16. The molecule has 3 aromatic carbocycles. The van der Waals surface area contributed by atoms with Gasteiger partial charge in [-0.25, -0.2) is 19.2 Å². The van der Waals surface area contributed by atoms with E-state index in [-0.39, 0.29) is 31.3 Å². The van der Waals surface area contributed by atoms with E-state index in [1.807, 2.05) is 41.0 Å². The molecule has 5 rings (SSSR count). The molecule has 5 aromatic rings. The van der Waals surface area contributed by atoms with Crippen LogP contribution in [0.25, 0.3) is 22.3 Å². The summed E-state index contributed by atoms with van der Waals surface area (Å²) in [5.41, 5.74) is 11.1. The largest absolute Gasteiger partial charge is 0.473 e. The molecule has 0 saturated heterocycles. The van der Waals surface area contributed by atoms with Crippen LogP contribution in [0.2, 0.25) is 0 Å². The van der Waals surface area contributed by atoms with Crippen LogP contribution in [0.4, 0.5) is 10.1 Å². The standard InChI is InChI=1S/C31H29FN4O4.ClH/c1-38-15-14-36-28-17-22(31(37)39-2)12-13-27(28)34-29(36)18-20-10-11-21(16-24(20)32)26-8-5-9-30(35-26)40-19-23-6-3-4-7-25(23)33;/h3-13,16-17H,14-15,18-19,33H2,1-2H3;1H. The van der Waals surface area contributed by atoms with Gasteiger partial charge in [-0.15, -0.1) is 12.4 Å². The number of anilines is 1. The Balaban J connectivity index is 0.00000387. The minimum Gasteiger partial charge on any atom is -0.473 e. The van der Waals surface area contributed by atoms with Crippen LogP contribution in [0, 0.1) is 5.82 Å². The molecule has 0 atom stereocenters. The molecule has 212 valence electrons. The van der Waals surface area contributed by atoms with Crippen LogP contribution < -0.4 is 10.5 Å². The SMILES string of the molecule is COCCn1c(Cc2ccc(-c3cccc(OCc4ccccc4N)n3)cc2F)nc2ccc(C(=O)OC)cc21.Cl.